The van der Waals surface area contributed by atoms with E-state index in [1.165, 1.54) is 5.56 Å². The van der Waals surface area contributed by atoms with Crippen LogP contribution in [0.5, 0.6) is 0 Å². The molecule has 2 aliphatic rings. The van der Waals surface area contributed by atoms with E-state index in [1.807, 2.05) is 48.2 Å². The maximum Gasteiger partial charge on any atom is 0.321 e. The normalized spacial score (nSPS) is 17.1. The molecule has 2 aromatic carbocycles. The number of carbonyl (C=O) groups excluding carboxylic acids is 2. The van der Waals surface area contributed by atoms with Crippen LogP contribution in [0.25, 0.3) is 0 Å². The zero-order valence-electron chi connectivity index (χ0n) is 17.7. The lowest BCUT2D eigenvalue weighted by Crippen LogP contribution is -2.58. The molecule has 4 rings (SSSR count). The van der Waals surface area contributed by atoms with Crippen molar-refractivity contribution >= 4 is 17.6 Å². The number of hydrogen-bond donors (Lipinski definition) is 2. The van der Waals surface area contributed by atoms with E-state index in [0.29, 0.717) is 48.9 Å². The Hall–Kier alpha value is -3.37. The molecular formula is C24H27N5O2. The number of carbonyl (C=O) groups is 2. The SMILES string of the molecule is Cc1ccc(C(=O)N2CCC(c3ccc(C#N)cc3)CC2)cc1NC(=O)N1CC(N)C1. The number of nitriles is 1. The topological polar surface area (TPSA) is 102 Å². The molecule has 2 saturated heterocycles. The number of hydrogen-bond acceptors (Lipinski definition) is 4. The van der Waals surface area contributed by atoms with Crippen LogP contribution >= 0.6 is 0 Å². The molecule has 0 aromatic heterocycles. The second-order valence-corrected chi connectivity index (χ2v) is 8.43. The molecule has 3 amide bonds. The molecule has 0 spiro atoms. The first-order valence-electron chi connectivity index (χ1n) is 10.7. The molecule has 2 heterocycles. The Bertz CT molecular complexity index is 1010. The van der Waals surface area contributed by atoms with Gasteiger partial charge in [0.15, 0.2) is 0 Å². The zero-order chi connectivity index (χ0) is 22.0. The lowest BCUT2D eigenvalue weighted by atomic mass is 9.89. The van der Waals surface area contributed by atoms with E-state index in [9.17, 15) is 9.59 Å². The van der Waals surface area contributed by atoms with Crippen LogP contribution in [0.15, 0.2) is 42.5 Å². The van der Waals surface area contributed by atoms with Gasteiger partial charge in [-0.2, -0.15) is 5.26 Å². The highest BCUT2D eigenvalue weighted by Gasteiger charge is 2.28. The fourth-order valence-corrected chi connectivity index (χ4v) is 4.19. The fraction of sp³-hybridized carbons (Fsp3) is 0.375. The van der Waals surface area contributed by atoms with Crippen molar-refractivity contribution in [3.8, 4) is 6.07 Å². The van der Waals surface area contributed by atoms with Crippen LogP contribution in [0.3, 0.4) is 0 Å². The lowest BCUT2D eigenvalue weighted by molar-refractivity contribution is 0.0713. The van der Waals surface area contributed by atoms with Gasteiger partial charge in [-0.05, 0) is 61.1 Å². The van der Waals surface area contributed by atoms with Crippen molar-refractivity contribution in [1.82, 2.24) is 9.80 Å². The monoisotopic (exact) mass is 417 g/mol. The molecular weight excluding hydrogens is 390 g/mol. The molecule has 0 atom stereocenters. The average molecular weight is 418 g/mol. The summed E-state index contributed by atoms with van der Waals surface area (Å²) in [6.45, 7) is 4.39. The summed E-state index contributed by atoms with van der Waals surface area (Å²) >= 11 is 0. The Morgan fingerprint density at radius 3 is 2.35 bits per heavy atom. The minimum atomic E-state index is -0.183. The lowest BCUT2D eigenvalue weighted by Gasteiger charge is -2.36. The second kappa shape index (κ2) is 8.78. The predicted molar refractivity (Wildman–Crippen MR) is 119 cm³/mol. The number of piperidine rings is 1. The van der Waals surface area contributed by atoms with Gasteiger partial charge in [-0.25, -0.2) is 4.79 Å². The third-order valence-corrected chi connectivity index (χ3v) is 6.22. The highest BCUT2D eigenvalue weighted by Crippen LogP contribution is 2.29. The van der Waals surface area contributed by atoms with E-state index < -0.39 is 0 Å². The number of urea groups is 1. The van der Waals surface area contributed by atoms with E-state index in [1.54, 1.807) is 11.0 Å². The second-order valence-electron chi connectivity index (χ2n) is 8.43. The number of benzene rings is 2. The molecule has 2 fully saturated rings. The Kier molecular flexibility index (Phi) is 5.92. The van der Waals surface area contributed by atoms with Crippen LogP contribution in [0.4, 0.5) is 10.5 Å². The molecule has 3 N–H and O–H groups in total. The summed E-state index contributed by atoms with van der Waals surface area (Å²) in [6, 6.07) is 15.2. The average Bonchev–Trinajstić information content (AvgIpc) is 2.78. The number of nitrogens with two attached hydrogens (primary N) is 1. The largest absolute Gasteiger partial charge is 0.339 e. The molecule has 0 unspecified atom stereocenters. The van der Waals surface area contributed by atoms with Crippen LogP contribution in [-0.2, 0) is 0 Å². The van der Waals surface area contributed by atoms with E-state index in [0.717, 1.165) is 18.4 Å². The van der Waals surface area contributed by atoms with Gasteiger partial charge in [0.2, 0.25) is 0 Å². The predicted octanol–water partition coefficient (Wildman–Crippen LogP) is 3.06. The quantitative estimate of drug-likeness (QED) is 0.801. The van der Waals surface area contributed by atoms with Crippen molar-refractivity contribution < 1.29 is 9.59 Å². The van der Waals surface area contributed by atoms with Gasteiger partial charge in [-0.1, -0.05) is 18.2 Å². The van der Waals surface area contributed by atoms with Crippen LogP contribution < -0.4 is 11.1 Å². The molecule has 0 saturated carbocycles. The van der Waals surface area contributed by atoms with Crippen LogP contribution in [0, 0.1) is 18.3 Å². The Morgan fingerprint density at radius 1 is 1.06 bits per heavy atom. The van der Waals surface area contributed by atoms with Crippen molar-refractivity contribution in [3.05, 3.63) is 64.7 Å². The summed E-state index contributed by atoms with van der Waals surface area (Å²) in [4.78, 5) is 28.9. The van der Waals surface area contributed by atoms with Gasteiger partial charge in [0.1, 0.15) is 0 Å². The van der Waals surface area contributed by atoms with Gasteiger partial charge in [0, 0.05) is 43.5 Å². The first kappa shape index (κ1) is 20.9. The number of rotatable bonds is 3. The first-order chi connectivity index (χ1) is 14.9. The van der Waals surface area contributed by atoms with Crippen LogP contribution in [-0.4, -0.2) is 54.0 Å². The number of nitrogens with one attached hydrogen (secondary N) is 1. The summed E-state index contributed by atoms with van der Waals surface area (Å²) in [5.41, 5.74) is 9.78. The van der Waals surface area contributed by atoms with Crippen molar-refractivity contribution in [2.45, 2.75) is 31.7 Å². The molecule has 2 aromatic rings. The van der Waals surface area contributed by atoms with E-state index in [-0.39, 0.29) is 18.0 Å². The van der Waals surface area contributed by atoms with Crippen LogP contribution in [0.1, 0.15) is 45.8 Å². The van der Waals surface area contributed by atoms with E-state index in [4.69, 9.17) is 11.0 Å². The van der Waals surface area contributed by atoms with Gasteiger partial charge in [-0.3, -0.25) is 4.79 Å². The van der Waals surface area contributed by atoms with Crippen LogP contribution in [0.2, 0.25) is 0 Å². The number of amides is 3. The molecule has 0 radical (unpaired) electrons. The summed E-state index contributed by atoms with van der Waals surface area (Å²) < 4.78 is 0. The van der Waals surface area contributed by atoms with Gasteiger partial charge in [-0.15, -0.1) is 0 Å². The summed E-state index contributed by atoms with van der Waals surface area (Å²) in [7, 11) is 0. The highest BCUT2D eigenvalue weighted by molar-refractivity contribution is 5.97. The maximum atomic E-state index is 13.1. The smallest absolute Gasteiger partial charge is 0.321 e. The zero-order valence-corrected chi connectivity index (χ0v) is 17.7. The minimum Gasteiger partial charge on any atom is -0.339 e. The summed E-state index contributed by atoms with van der Waals surface area (Å²) in [6.07, 6.45) is 1.78. The van der Waals surface area contributed by atoms with Gasteiger partial charge >= 0.3 is 6.03 Å². The molecule has 7 nitrogen and oxygen atoms in total. The maximum absolute atomic E-state index is 13.1. The Labute approximate surface area is 182 Å². The number of nitrogens with zero attached hydrogens (tertiary/aromatic N) is 3. The molecule has 31 heavy (non-hydrogen) atoms. The molecule has 0 bridgehead atoms. The Balaban J connectivity index is 1.38. The number of likely N-dealkylation sites (tertiary alicyclic amines) is 2. The summed E-state index contributed by atoms with van der Waals surface area (Å²) in [5, 5.41) is 11.9. The van der Waals surface area contributed by atoms with E-state index >= 15 is 0 Å². The van der Waals surface area contributed by atoms with Gasteiger partial charge in [0.25, 0.3) is 5.91 Å². The molecule has 160 valence electrons. The molecule has 2 aliphatic heterocycles. The van der Waals surface area contributed by atoms with Crippen molar-refractivity contribution in [3.63, 3.8) is 0 Å². The van der Waals surface area contributed by atoms with E-state index in [2.05, 4.69) is 11.4 Å². The molecule has 0 aliphatic carbocycles. The number of aryl methyl sites for hydroxylation is 1. The van der Waals surface area contributed by atoms with Crippen molar-refractivity contribution in [1.29, 1.82) is 5.26 Å². The third-order valence-electron chi connectivity index (χ3n) is 6.22. The van der Waals surface area contributed by atoms with Crippen molar-refractivity contribution in [2.24, 2.45) is 5.73 Å². The summed E-state index contributed by atoms with van der Waals surface area (Å²) in [5.74, 6) is 0.382. The third kappa shape index (κ3) is 4.54. The highest BCUT2D eigenvalue weighted by atomic mass is 16.2. The van der Waals surface area contributed by atoms with Crippen molar-refractivity contribution in [2.75, 3.05) is 31.5 Å². The first-order valence-corrected chi connectivity index (χ1v) is 10.7. The minimum absolute atomic E-state index is 0.0141. The van der Waals surface area contributed by atoms with Gasteiger partial charge in [0.05, 0.1) is 11.6 Å². The Morgan fingerprint density at radius 2 is 1.74 bits per heavy atom. The molecule has 7 heteroatoms. The van der Waals surface area contributed by atoms with Gasteiger partial charge < -0.3 is 20.9 Å². The standard InChI is InChI=1S/C24H27N5O2/c1-16-2-5-20(12-22(16)27-24(31)29-14-21(26)15-29)23(30)28-10-8-19(9-11-28)18-6-3-17(13-25)4-7-18/h2-7,12,19,21H,8-11,14-15,26H2,1H3,(H,27,31). The number of anilines is 1. The fourth-order valence-electron chi connectivity index (χ4n) is 4.19.